The highest BCUT2D eigenvalue weighted by molar-refractivity contribution is 6.10. The number of hydrogen-bond acceptors (Lipinski definition) is 8. The lowest BCUT2D eigenvalue weighted by Crippen LogP contribution is -2.43. The average molecular weight is 534 g/mol. The first kappa shape index (κ1) is 24.6. The molecule has 1 saturated carbocycles. The molecule has 7 rings (SSSR count). The third kappa shape index (κ3) is 4.34. The van der Waals surface area contributed by atoms with Crippen molar-refractivity contribution in [3.8, 4) is 28.6 Å². The Kier molecular flexibility index (Phi) is 5.93. The predicted octanol–water partition coefficient (Wildman–Crippen LogP) is 3.43. The Morgan fingerprint density at radius 1 is 1.07 bits per heavy atom. The third-order valence-electron chi connectivity index (χ3n) is 7.81. The van der Waals surface area contributed by atoms with E-state index in [0.717, 1.165) is 46.4 Å². The highest BCUT2D eigenvalue weighted by Crippen LogP contribution is 2.43. The quantitative estimate of drug-likeness (QED) is 0.399. The Bertz CT molecular complexity index is 1690. The van der Waals surface area contributed by atoms with E-state index in [4.69, 9.17) is 9.72 Å². The van der Waals surface area contributed by atoms with Gasteiger partial charge in [0.05, 0.1) is 37.4 Å². The fraction of sp³-hybridized carbons (Fsp3) is 0.300. The van der Waals surface area contributed by atoms with Gasteiger partial charge in [0.15, 0.2) is 5.82 Å². The van der Waals surface area contributed by atoms with Crippen molar-refractivity contribution >= 4 is 11.7 Å². The number of pyridine rings is 1. The Labute approximate surface area is 230 Å². The number of aryl methyl sites for hydroxylation is 1. The number of aliphatic hydroxyl groups excluding tert-OH is 1. The van der Waals surface area contributed by atoms with E-state index < -0.39 is 6.23 Å². The van der Waals surface area contributed by atoms with Crippen molar-refractivity contribution < 1.29 is 14.6 Å². The number of aliphatic hydroxyl groups is 1. The van der Waals surface area contributed by atoms with Crippen molar-refractivity contribution in [2.24, 2.45) is 7.05 Å². The molecule has 4 aromatic rings. The van der Waals surface area contributed by atoms with Crippen LogP contribution >= 0.6 is 0 Å². The zero-order valence-corrected chi connectivity index (χ0v) is 21.9. The van der Waals surface area contributed by atoms with Crippen molar-refractivity contribution in [3.05, 3.63) is 82.8 Å². The number of morpholine rings is 1. The van der Waals surface area contributed by atoms with Crippen LogP contribution in [0.2, 0.25) is 0 Å². The number of ether oxygens (including phenoxy) is 1. The molecule has 0 spiro atoms. The normalized spacial score (nSPS) is 20.4. The van der Waals surface area contributed by atoms with Crippen LogP contribution in [-0.2, 0) is 18.3 Å². The van der Waals surface area contributed by atoms with E-state index in [9.17, 15) is 15.2 Å². The molecule has 2 atom stereocenters. The molecule has 2 aliphatic heterocycles. The van der Waals surface area contributed by atoms with Crippen LogP contribution in [0, 0.1) is 11.3 Å². The Balaban J connectivity index is 1.28. The van der Waals surface area contributed by atoms with Gasteiger partial charge in [-0.15, -0.1) is 10.2 Å². The lowest BCUT2D eigenvalue weighted by atomic mass is 9.96. The summed E-state index contributed by atoms with van der Waals surface area (Å²) in [5.41, 5.74) is 6.57. The fourth-order valence-corrected chi connectivity index (χ4v) is 5.54. The summed E-state index contributed by atoms with van der Waals surface area (Å²) < 4.78 is 7.32. The number of rotatable bonds is 5. The Hall–Kier alpha value is -4.43. The average Bonchev–Trinajstić information content (AvgIpc) is 3.67. The van der Waals surface area contributed by atoms with Gasteiger partial charge in [-0.1, -0.05) is 18.2 Å². The monoisotopic (exact) mass is 533 g/mol. The number of carbonyl (C=O) groups is 1. The second kappa shape index (κ2) is 9.64. The summed E-state index contributed by atoms with van der Waals surface area (Å²) in [6.45, 7) is 1.10. The number of carbonyl (C=O) groups excluding carboxylic acids is 1. The van der Waals surface area contributed by atoms with Crippen LogP contribution in [0.3, 0.4) is 0 Å². The van der Waals surface area contributed by atoms with Crippen LogP contribution in [0.4, 0.5) is 5.82 Å². The molecule has 2 N–H and O–H groups in total. The Morgan fingerprint density at radius 2 is 1.95 bits per heavy atom. The number of fused-ring (bicyclic) bond motifs is 1. The van der Waals surface area contributed by atoms with Crippen molar-refractivity contribution in [2.75, 3.05) is 18.1 Å². The molecule has 0 bridgehead atoms. The molecular weight excluding hydrogens is 506 g/mol. The zero-order chi connectivity index (χ0) is 27.4. The molecule has 10 heteroatoms. The maximum absolute atomic E-state index is 13.8. The van der Waals surface area contributed by atoms with Gasteiger partial charge in [-0.25, -0.2) is 4.98 Å². The Morgan fingerprint density at radius 3 is 2.70 bits per heavy atom. The summed E-state index contributed by atoms with van der Waals surface area (Å²) in [5, 5.41) is 31.0. The van der Waals surface area contributed by atoms with Crippen molar-refractivity contribution in [1.82, 2.24) is 25.1 Å². The molecule has 2 aromatic heterocycles. The minimum absolute atomic E-state index is 0.103. The molecule has 1 amide bonds. The number of amides is 1. The van der Waals surface area contributed by atoms with E-state index >= 15 is 0 Å². The molecular formula is C30H27N7O3. The number of benzene rings is 2. The first-order valence-corrected chi connectivity index (χ1v) is 13.4. The molecule has 0 unspecified atom stereocenters. The lowest BCUT2D eigenvalue weighted by Gasteiger charge is -2.28. The largest absolute Gasteiger partial charge is 0.376 e. The van der Waals surface area contributed by atoms with E-state index in [2.05, 4.69) is 27.6 Å². The molecule has 0 radical (unpaired) electrons. The van der Waals surface area contributed by atoms with Crippen LogP contribution in [0.15, 0.2) is 54.9 Å². The number of aromatic nitrogens is 4. The number of nitrogens with zero attached hydrogens (tertiary/aromatic N) is 6. The van der Waals surface area contributed by atoms with Crippen LogP contribution in [0.1, 0.15) is 57.5 Å². The number of hydrogen-bond donors (Lipinski definition) is 2. The number of anilines is 1. The van der Waals surface area contributed by atoms with Gasteiger partial charge in [0.1, 0.15) is 18.4 Å². The van der Waals surface area contributed by atoms with Gasteiger partial charge in [0.25, 0.3) is 5.91 Å². The molecule has 2 fully saturated rings. The van der Waals surface area contributed by atoms with Crippen molar-refractivity contribution in [3.63, 3.8) is 0 Å². The molecule has 2 aromatic carbocycles. The highest BCUT2D eigenvalue weighted by atomic mass is 16.5. The first-order valence-electron chi connectivity index (χ1n) is 13.4. The molecule has 1 aliphatic carbocycles. The maximum atomic E-state index is 13.8. The molecule has 40 heavy (non-hydrogen) atoms. The smallest absolute Gasteiger partial charge is 0.260 e. The maximum Gasteiger partial charge on any atom is 0.260 e. The standard InChI is InChI=1S/C30H27N7O3/c1-36-16-32-35-29(36)24-8-17(12-31)2-7-22(24)21-10-25(18-3-4-18)33-27(11-21)37-13-20-6-5-19(9-23(20)30(37)39)26-14-40-15-28(38)34-26/h2,5-11,16,18,26,28,34,38H,3-4,13-15H2,1H3/t26-,28-/m1/s1. The van der Waals surface area contributed by atoms with Gasteiger partial charge in [-0.2, -0.15) is 5.26 Å². The van der Waals surface area contributed by atoms with Crippen LogP contribution in [-0.4, -0.2) is 50.2 Å². The minimum Gasteiger partial charge on any atom is -0.376 e. The van der Waals surface area contributed by atoms with E-state index in [0.29, 0.717) is 41.8 Å². The molecule has 200 valence electrons. The minimum atomic E-state index is -0.736. The van der Waals surface area contributed by atoms with E-state index in [1.807, 2.05) is 48.0 Å². The summed E-state index contributed by atoms with van der Waals surface area (Å²) >= 11 is 0. The zero-order valence-electron chi connectivity index (χ0n) is 21.9. The second-order valence-electron chi connectivity index (χ2n) is 10.6. The third-order valence-corrected chi connectivity index (χ3v) is 7.81. The molecule has 4 heterocycles. The molecule has 3 aliphatic rings. The van der Waals surface area contributed by atoms with Gasteiger partial charge >= 0.3 is 0 Å². The van der Waals surface area contributed by atoms with Crippen LogP contribution < -0.4 is 10.2 Å². The van der Waals surface area contributed by atoms with E-state index in [1.54, 1.807) is 17.3 Å². The van der Waals surface area contributed by atoms with Crippen molar-refractivity contribution in [2.45, 2.75) is 37.6 Å². The summed E-state index contributed by atoms with van der Waals surface area (Å²) in [5.74, 6) is 1.52. The van der Waals surface area contributed by atoms with Gasteiger partial charge in [0.2, 0.25) is 0 Å². The van der Waals surface area contributed by atoms with Crippen LogP contribution in [0.5, 0.6) is 0 Å². The van der Waals surface area contributed by atoms with Crippen molar-refractivity contribution in [1.29, 1.82) is 5.26 Å². The highest BCUT2D eigenvalue weighted by Gasteiger charge is 2.33. The van der Waals surface area contributed by atoms with E-state index in [1.165, 1.54) is 0 Å². The molecule has 10 nitrogen and oxygen atoms in total. The second-order valence-corrected chi connectivity index (χ2v) is 10.6. The SMILES string of the molecule is Cn1cnnc1-c1cc(C#N)ccc1-c1cc(C2CC2)nc(N2Cc3ccc([C@H]4COC[C@@H](O)N4)cc3C2=O)c1. The fourth-order valence-electron chi connectivity index (χ4n) is 5.54. The summed E-state index contributed by atoms with van der Waals surface area (Å²) in [7, 11) is 1.87. The first-order chi connectivity index (χ1) is 19.5. The van der Waals surface area contributed by atoms with Gasteiger partial charge in [-0.05, 0) is 65.4 Å². The summed E-state index contributed by atoms with van der Waals surface area (Å²) in [4.78, 5) is 20.4. The summed E-state index contributed by atoms with van der Waals surface area (Å²) in [6.07, 6.45) is 3.04. The molecule has 1 saturated heterocycles. The van der Waals surface area contributed by atoms with Gasteiger partial charge in [0, 0.05) is 29.8 Å². The van der Waals surface area contributed by atoms with Gasteiger partial charge < -0.3 is 14.4 Å². The summed E-state index contributed by atoms with van der Waals surface area (Å²) in [6, 6.07) is 17.5. The number of nitriles is 1. The number of nitrogens with one attached hydrogen (secondary N) is 1. The topological polar surface area (TPSA) is 129 Å². The van der Waals surface area contributed by atoms with E-state index in [-0.39, 0.29) is 18.6 Å². The predicted molar refractivity (Wildman–Crippen MR) is 146 cm³/mol. The van der Waals surface area contributed by atoms with Gasteiger partial charge in [-0.3, -0.25) is 15.0 Å². The van der Waals surface area contributed by atoms with Crippen LogP contribution in [0.25, 0.3) is 22.5 Å². The lowest BCUT2D eigenvalue weighted by molar-refractivity contribution is -0.0401.